The molecule has 3 rings (SSSR count). The number of nitrogens with one attached hydrogen (secondary N) is 1. The molecule has 0 saturated carbocycles. The highest BCUT2D eigenvalue weighted by Crippen LogP contribution is 2.24. The van der Waals surface area contributed by atoms with E-state index in [1.54, 1.807) is 47.8 Å². The summed E-state index contributed by atoms with van der Waals surface area (Å²) in [5.74, 6) is 0.634. The maximum atomic E-state index is 11.4. The first-order valence-electron chi connectivity index (χ1n) is 7.19. The van der Waals surface area contributed by atoms with E-state index >= 15 is 0 Å². The number of carbonyl (C=O) groups excluding carboxylic acids is 1. The Morgan fingerprint density at radius 1 is 1.25 bits per heavy atom. The highest BCUT2D eigenvalue weighted by Gasteiger charge is 2.17. The second kappa shape index (κ2) is 6.88. The molecule has 24 heavy (non-hydrogen) atoms. The molecular formula is C16H15N5O3. The first kappa shape index (κ1) is 15.6. The van der Waals surface area contributed by atoms with E-state index in [0.29, 0.717) is 29.8 Å². The van der Waals surface area contributed by atoms with E-state index in [4.69, 9.17) is 9.73 Å². The van der Waals surface area contributed by atoms with Crippen LogP contribution >= 0.6 is 0 Å². The molecule has 0 aliphatic heterocycles. The van der Waals surface area contributed by atoms with Crippen molar-refractivity contribution in [3.63, 3.8) is 0 Å². The van der Waals surface area contributed by atoms with Crippen molar-refractivity contribution in [2.24, 2.45) is 0 Å². The minimum Gasteiger partial charge on any atom is -0.315 e. The fraction of sp³-hybridized carbons (Fsp3) is 0.125. The third-order valence-corrected chi connectivity index (χ3v) is 3.33. The van der Waals surface area contributed by atoms with E-state index in [2.05, 4.69) is 15.1 Å². The summed E-state index contributed by atoms with van der Waals surface area (Å²) in [6.45, 7) is 2.17. The van der Waals surface area contributed by atoms with Gasteiger partial charge in [-0.05, 0) is 36.8 Å². The Hall–Kier alpha value is -3.26. The lowest BCUT2D eigenvalue weighted by molar-refractivity contribution is 0.0706. The largest absolute Gasteiger partial charge is 0.330 e. The van der Waals surface area contributed by atoms with Gasteiger partial charge in [0.15, 0.2) is 5.82 Å². The summed E-state index contributed by atoms with van der Waals surface area (Å²) in [4.78, 5) is 21.7. The zero-order valence-corrected chi connectivity index (χ0v) is 12.9. The van der Waals surface area contributed by atoms with Gasteiger partial charge in [0.25, 0.3) is 5.91 Å². The van der Waals surface area contributed by atoms with Gasteiger partial charge in [-0.2, -0.15) is 4.98 Å². The Morgan fingerprint density at radius 2 is 2.04 bits per heavy atom. The van der Waals surface area contributed by atoms with E-state index in [9.17, 15) is 4.79 Å². The van der Waals surface area contributed by atoms with E-state index < -0.39 is 5.91 Å². The topological polar surface area (TPSA) is 104 Å². The molecule has 0 fully saturated rings. The number of hydroxylamine groups is 1. The molecule has 8 heteroatoms. The molecule has 0 spiro atoms. The minimum atomic E-state index is -0.560. The molecule has 0 atom stereocenters. The maximum Gasteiger partial charge on any atom is 0.330 e. The summed E-state index contributed by atoms with van der Waals surface area (Å²) < 4.78 is 5.26. The standard InChI is InChI=1S/C16H15N5O3/c1-11-18-16(24-20-11)21(14-4-2-3-9-17-14)10-12-5-7-13(8-6-12)15(22)19-23/h2-9,23H,10H2,1H3,(H,19,22). The maximum absolute atomic E-state index is 11.4. The molecule has 0 unspecified atom stereocenters. The number of nitrogens with zero attached hydrogens (tertiary/aromatic N) is 4. The van der Waals surface area contributed by atoms with Crippen molar-refractivity contribution in [2.45, 2.75) is 13.5 Å². The van der Waals surface area contributed by atoms with Crippen LogP contribution in [-0.2, 0) is 6.54 Å². The van der Waals surface area contributed by atoms with Crippen molar-refractivity contribution in [1.82, 2.24) is 20.6 Å². The van der Waals surface area contributed by atoms with E-state index in [0.717, 1.165) is 5.56 Å². The van der Waals surface area contributed by atoms with Gasteiger partial charge in [0, 0.05) is 11.8 Å². The molecule has 0 aliphatic rings. The number of benzene rings is 1. The second-order valence-electron chi connectivity index (χ2n) is 5.04. The summed E-state index contributed by atoms with van der Waals surface area (Å²) in [5, 5.41) is 12.5. The van der Waals surface area contributed by atoms with Gasteiger partial charge in [0.1, 0.15) is 5.82 Å². The molecule has 3 aromatic rings. The van der Waals surface area contributed by atoms with E-state index in [1.165, 1.54) is 0 Å². The smallest absolute Gasteiger partial charge is 0.315 e. The Bertz CT molecular complexity index is 817. The fourth-order valence-corrected chi connectivity index (χ4v) is 2.16. The summed E-state index contributed by atoms with van der Waals surface area (Å²) >= 11 is 0. The number of amides is 1. The van der Waals surface area contributed by atoms with Crippen LogP contribution in [0, 0.1) is 6.92 Å². The van der Waals surface area contributed by atoms with Crippen LogP contribution in [0.3, 0.4) is 0 Å². The molecule has 0 aliphatic carbocycles. The number of aromatic nitrogens is 3. The van der Waals surface area contributed by atoms with Crippen LogP contribution < -0.4 is 10.4 Å². The van der Waals surface area contributed by atoms with Gasteiger partial charge in [0.2, 0.25) is 0 Å². The first-order chi connectivity index (χ1) is 11.7. The zero-order valence-electron chi connectivity index (χ0n) is 12.9. The molecule has 0 radical (unpaired) electrons. The van der Waals surface area contributed by atoms with Gasteiger partial charge in [-0.15, -0.1) is 0 Å². The van der Waals surface area contributed by atoms with Gasteiger partial charge < -0.3 is 4.52 Å². The van der Waals surface area contributed by atoms with Crippen LogP contribution in [0.15, 0.2) is 53.2 Å². The van der Waals surface area contributed by atoms with Crippen LogP contribution in [0.25, 0.3) is 0 Å². The number of carbonyl (C=O) groups is 1. The molecular weight excluding hydrogens is 310 g/mol. The van der Waals surface area contributed by atoms with Gasteiger partial charge in [-0.25, -0.2) is 10.5 Å². The molecule has 0 saturated heterocycles. The molecule has 2 aromatic heterocycles. The van der Waals surface area contributed by atoms with Gasteiger partial charge in [0.05, 0.1) is 6.54 Å². The molecule has 122 valence electrons. The Balaban J connectivity index is 1.88. The molecule has 0 bridgehead atoms. The van der Waals surface area contributed by atoms with E-state index in [-0.39, 0.29) is 0 Å². The van der Waals surface area contributed by atoms with Crippen molar-refractivity contribution in [3.8, 4) is 0 Å². The van der Waals surface area contributed by atoms with E-state index in [1.807, 2.05) is 18.2 Å². The zero-order chi connectivity index (χ0) is 16.9. The average molecular weight is 325 g/mol. The number of rotatable bonds is 5. The molecule has 1 amide bonds. The van der Waals surface area contributed by atoms with Crippen molar-refractivity contribution >= 4 is 17.7 Å². The van der Waals surface area contributed by atoms with Gasteiger partial charge >= 0.3 is 6.01 Å². The normalized spacial score (nSPS) is 10.4. The first-order valence-corrected chi connectivity index (χ1v) is 7.19. The summed E-state index contributed by atoms with van der Waals surface area (Å²) in [7, 11) is 0. The van der Waals surface area contributed by atoms with Gasteiger partial charge in [-0.3, -0.25) is 14.9 Å². The fourth-order valence-electron chi connectivity index (χ4n) is 2.16. The predicted octanol–water partition coefficient (Wildman–Crippen LogP) is 2.23. The van der Waals surface area contributed by atoms with Crippen molar-refractivity contribution in [1.29, 1.82) is 0 Å². The number of hydrogen-bond acceptors (Lipinski definition) is 7. The van der Waals surface area contributed by atoms with Crippen LogP contribution in [0.4, 0.5) is 11.8 Å². The molecule has 1 aromatic carbocycles. The monoisotopic (exact) mass is 325 g/mol. The molecule has 8 nitrogen and oxygen atoms in total. The van der Waals surface area contributed by atoms with Crippen molar-refractivity contribution in [3.05, 3.63) is 65.6 Å². The quantitative estimate of drug-likeness (QED) is 0.547. The summed E-state index contributed by atoms with van der Waals surface area (Å²) in [6, 6.07) is 12.7. The second-order valence-corrected chi connectivity index (χ2v) is 5.04. The lowest BCUT2D eigenvalue weighted by Gasteiger charge is -2.19. The summed E-state index contributed by atoms with van der Waals surface area (Å²) in [5.41, 5.74) is 2.87. The van der Waals surface area contributed by atoms with Gasteiger partial charge in [-0.1, -0.05) is 23.4 Å². The third kappa shape index (κ3) is 3.39. The van der Waals surface area contributed by atoms with Crippen LogP contribution in [-0.4, -0.2) is 26.2 Å². The van der Waals surface area contributed by atoms with Crippen molar-refractivity contribution < 1.29 is 14.5 Å². The highest BCUT2D eigenvalue weighted by molar-refractivity contribution is 5.93. The van der Waals surface area contributed by atoms with Crippen LogP contribution in [0.5, 0.6) is 0 Å². The van der Waals surface area contributed by atoms with Crippen molar-refractivity contribution in [2.75, 3.05) is 4.90 Å². The predicted molar refractivity (Wildman–Crippen MR) is 84.8 cm³/mol. The third-order valence-electron chi connectivity index (χ3n) is 3.33. The minimum absolute atomic E-state index is 0.336. The Labute approximate surface area is 137 Å². The Kier molecular flexibility index (Phi) is 4.48. The number of anilines is 2. The van der Waals surface area contributed by atoms with Crippen LogP contribution in [0.2, 0.25) is 0 Å². The summed E-state index contributed by atoms with van der Waals surface area (Å²) in [6.07, 6.45) is 1.68. The average Bonchev–Trinajstić information content (AvgIpc) is 3.06. The molecule has 2 heterocycles. The lowest BCUT2D eigenvalue weighted by Crippen LogP contribution is -2.19. The highest BCUT2D eigenvalue weighted by atomic mass is 16.5. The molecule has 2 N–H and O–H groups in total. The Morgan fingerprint density at radius 3 is 2.62 bits per heavy atom. The van der Waals surface area contributed by atoms with Crippen LogP contribution in [0.1, 0.15) is 21.7 Å². The number of hydrogen-bond donors (Lipinski definition) is 2. The number of aryl methyl sites for hydroxylation is 1. The lowest BCUT2D eigenvalue weighted by atomic mass is 10.1. The SMILES string of the molecule is Cc1noc(N(Cc2ccc(C(=O)NO)cc2)c2ccccn2)n1. The number of pyridine rings is 1.